The maximum absolute atomic E-state index is 6.13. The monoisotopic (exact) mass is 269 g/mol. The summed E-state index contributed by atoms with van der Waals surface area (Å²) < 4.78 is 1.91. The number of nitrogens with zero attached hydrogens (tertiary/aromatic N) is 2. The summed E-state index contributed by atoms with van der Waals surface area (Å²) in [5.41, 5.74) is 8.05. The number of hydrogen-bond acceptors (Lipinski definition) is 2. The molecular weight excluding hydrogens is 257 g/mol. The lowest BCUT2D eigenvalue weighted by Gasteiger charge is -2.13. The topological polar surface area (TPSA) is 43.8 Å². The van der Waals surface area contributed by atoms with Crippen molar-refractivity contribution in [1.29, 1.82) is 0 Å². The van der Waals surface area contributed by atoms with E-state index in [4.69, 9.17) is 28.9 Å². The highest BCUT2D eigenvalue weighted by Gasteiger charge is 2.12. The molecule has 1 aromatic heterocycles. The van der Waals surface area contributed by atoms with E-state index in [0.717, 1.165) is 11.3 Å². The van der Waals surface area contributed by atoms with E-state index in [0.29, 0.717) is 16.5 Å². The van der Waals surface area contributed by atoms with Crippen LogP contribution in [-0.2, 0) is 13.5 Å². The molecule has 1 heterocycles. The third kappa shape index (κ3) is 2.80. The smallest absolute Gasteiger partial charge is 0.0946 e. The van der Waals surface area contributed by atoms with E-state index >= 15 is 0 Å². The second kappa shape index (κ2) is 5.08. The van der Waals surface area contributed by atoms with Gasteiger partial charge in [0.2, 0.25) is 0 Å². The standard InChI is InChI=1S/C12H13Cl2N3/c1-17-7-16-6-12(17)11(15)5-8-4-9(13)2-3-10(8)14/h2-4,6-7,11H,5,15H2,1H3. The number of halogens is 2. The van der Waals surface area contributed by atoms with Crippen LogP contribution in [0.2, 0.25) is 10.0 Å². The normalized spacial score (nSPS) is 12.7. The second-order valence-corrected chi connectivity index (χ2v) is 4.82. The van der Waals surface area contributed by atoms with E-state index < -0.39 is 0 Å². The van der Waals surface area contributed by atoms with Crippen molar-refractivity contribution >= 4 is 23.2 Å². The maximum atomic E-state index is 6.13. The van der Waals surface area contributed by atoms with E-state index in [-0.39, 0.29) is 6.04 Å². The molecule has 0 saturated heterocycles. The molecular formula is C12H13Cl2N3. The van der Waals surface area contributed by atoms with Gasteiger partial charge >= 0.3 is 0 Å². The van der Waals surface area contributed by atoms with Gasteiger partial charge in [-0.15, -0.1) is 0 Å². The quantitative estimate of drug-likeness (QED) is 0.931. The summed E-state index contributed by atoms with van der Waals surface area (Å²) in [7, 11) is 1.92. The highest BCUT2D eigenvalue weighted by molar-refractivity contribution is 6.33. The first-order valence-electron chi connectivity index (χ1n) is 5.23. The van der Waals surface area contributed by atoms with Crippen LogP contribution in [0.3, 0.4) is 0 Å². The van der Waals surface area contributed by atoms with Gasteiger partial charge in [-0.05, 0) is 30.2 Å². The van der Waals surface area contributed by atoms with E-state index in [1.807, 2.05) is 17.7 Å². The van der Waals surface area contributed by atoms with E-state index in [1.54, 1.807) is 24.7 Å². The minimum Gasteiger partial charge on any atom is -0.336 e. The minimum atomic E-state index is -0.140. The Morgan fingerprint density at radius 3 is 2.82 bits per heavy atom. The second-order valence-electron chi connectivity index (χ2n) is 3.98. The summed E-state index contributed by atoms with van der Waals surface area (Å²) in [6, 6.07) is 5.26. The molecule has 0 radical (unpaired) electrons. The molecule has 2 rings (SSSR count). The molecule has 17 heavy (non-hydrogen) atoms. The molecule has 0 saturated carbocycles. The Kier molecular flexibility index (Phi) is 3.72. The SMILES string of the molecule is Cn1cncc1C(N)Cc1cc(Cl)ccc1Cl. The zero-order valence-corrected chi connectivity index (χ0v) is 10.9. The zero-order chi connectivity index (χ0) is 12.4. The lowest BCUT2D eigenvalue weighted by molar-refractivity contribution is 0.656. The first-order chi connectivity index (χ1) is 8.08. The van der Waals surface area contributed by atoms with Crippen LogP contribution in [0.1, 0.15) is 17.3 Å². The number of nitrogens with two attached hydrogens (primary N) is 1. The summed E-state index contributed by atoms with van der Waals surface area (Å²) in [5.74, 6) is 0. The molecule has 1 atom stereocenters. The predicted molar refractivity (Wildman–Crippen MR) is 70.3 cm³/mol. The molecule has 0 bridgehead atoms. The number of rotatable bonds is 3. The molecule has 2 aromatic rings. The summed E-state index contributed by atoms with van der Waals surface area (Å²) >= 11 is 12.0. The molecule has 0 fully saturated rings. The van der Waals surface area contributed by atoms with Crippen molar-refractivity contribution in [3.63, 3.8) is 0 Å². The molecule has 1 unspecified atom stereocenters. The van der Waals surface area contributed by atoms with Gasteiger partial charge in [0.1, 0.15) is 0 Å². The van der Waals surface area contributed by atoms with Crippen LogP contribution in [0.25, 0.3) is 0 Å². The van der Waals surface area contributed by atoms with Gasteiger partial charge in [-0.1, -0.05) is 23.2 Å². The van der Waals surface area contributed by atoms with Gasteiger partial charge in [0.15, 0.2) is 0 Å². The Labute approximate surface area is 110 Å². The Balaban J connectivity index is 2.21. The first kappa shape index (κ1) is 12.4. The zero-order valence-electron chi connectivity index (χ0n) is 9.40. The van der Waals surface area contributed by atoms with Crippen LogP contribution in [0.15, 0.2) is 30.7 Å². The molecule has 3 nitrogen and oxygen atoms in total. The highest BCUT2D eigenvalue weighted by Crippen LogP contribution is 2.24. The molecule has 0 aliphatic heterocycles. The van der Waals surface area contributed by atoms with Crippen LogP contribution in [0.4, 0.5) is 0 Å². The molecule has 2 N–H and O–H groups in total. The van der Waals surface area contributed by atoms with E-state index in [9.17, 15) is 0 Å². The third-order valence-electron chi connectivity index (χ3n) is 2.68. The molecule has 1 aromatic carbocycles. The predicted octanol–water partition coefficient (Wildman–Crippen LogP) is 2.97. The van der Waals surface area contributed by atoms with Gasteiger partial charge < -0.3 is 10.3 Å². The fourth-order valence-corrected chi connectivity index (χ4v) is 2.16. The number of imidazole rings is 1. The Hall–Kier alpha value is -1.03. The Morgan fingerprint density at radius 1 is 1.41 bits per heavy atom. The lowest BCUT2D eigenvalue weighted by Crippen LogP contribution is -2.16. The van der Waals surface area contributed by atoms with Gasteiger partial charge in [-0.3, -0.25) is 0 Å². The van der Waals surface area contributed by atoms with Crippen molar-refractivity contribution < 1.29 is 0 Å². The van der Waals surface area contributed by atoms with Gasteiger partial charge in [0.05, 0.1) is 18.1 Å². The lowest BCUT2D eigenvalue weighted by atomic mass is 10.0. The fourth-order valence-electron chi connectivity index (χ4n) is 1.77. The molecule has 0 aliphatic carbocycles. The van der Waals surface area contributed by atoms with Gasteiger partial charge in [0, 0.05) is 23.3 Å². The van der Waals surface area contributed by atoms with Crippen molar-refractivity contribution in [2.24, 2.45) is 12.8 Å². The molecule has 0 spiro atoms. The Morgan fingerprint density at radius 2 is 2.18 bits per heavy atom. The third-order valence-corrected chi connectivity index (χ3v) is 3.29. The summed E-state index contributed by atoms with van der Waals surface area (Å²) in [6.45, 7) is 0. The highest BCUT2D eigenvalue weighted by atomic mass is 35.5. The molecule has 0 aliphatic rings. The fraction of sp³-hybridized carbons (Fsp3) is 0.250. The molecule has 5 heteroatoms. The molecule has 90 valence electrons. The number of aryl methyl sites for hydroxylation is 1. The van der Waals surface area contributed by atoms with Crippen LogP contribution in [0, 0.1) is 0 Å². The number of benzene rings is 1. The maximum Gasteiger partial charge on any atom is 0.0946 e. The van der Waals surface area contributed by atoms with Gasteiger partial charge in [-0.25, -0.2) is 4.98 Å². The van der Waals surface area contributed by atoms with Crippen molar-refractivity contribution in [2.75, 3.05) is 0 Å². The molecule has 0 amide bonds. The van der Waals surface area contributed by atoms with E-state index in [2.05, 4.69) is 4.98 Å². The van der Waals surface area contributed by atoms with Crippen molar-refractivity contribution in [1.82, 2.24) is 9.55 Å². The van der Waals surface area contributed by atoms with Crippen molar-refractivity contribution in [3.8, 4) is 0 Å². The average molecular weight is 270 g/mol. The minimum absolute atomic E-state index is 0.140. The van der Waals surface area contributed by atoms with Crippen molar-refractivity contribution in [2.45, 2.75) is 12.5 Å². The summed E-state index contributed by atoms with van der Waals surface area (Å²) in [5, 5.41) is 1.36. The van der Waals surface area contributed by atoms with Gasteiger partial charge in [0.25, 0.3) is 0 Å². The van der Waals surface area contributed by atoms with Crippen LogP contribution >= 0.6 is 23.2 Å². The average Bonchev–Trinajstić information content (AvgIpc) is 2.70. The number of aromatic nitrogens is 2. The Bertz CT molecular complexity index is 522. The van der Waals surface area contributed by atoms with Crippen molar-refractivity contribution in [3.05, 3.63) is 52.0 Å². The van der Waals surface area contributed by atoms with E-state index in [1.165, 1.54) is 0 Å². The largest absolute Gasteiger partial charge is 0.336 e. The summed E-state index contributed by atoms with van der Waals surface area (Å²) in [4.78, 5) is 4.05. The van der Waals surface area contributed by atoms with Crippen LogP contribution in [-0.4, -0.2) is 9.55 Å². The first-order valence-corrected chi connectivity index (χ1v) is 5.99. The van der Waals surface area contributed by atoms with Crippen LogP contribution in [0.5, 0.6) is 0 Å². The number of hydrogen-bond donors (Lipinski definition) is 1. The summed E-state index contributed by atoms with van der Waals surface area (Å²) in [6.07, 6.45) is 4.14. The van der Waals surface area contributed by atoms with Gasteiger partial charge in [-0.2, -0.15) is 0 Å². The van der Waals surface area contributed by atoms with Crippen LogP contribution < -0.4 is 5.73 Å².